The molecule has 0 saturated carbocycles. The van der Waals surface area contributed by atoms with Crippen molar-refractivity contribution in [3.8, 4) is 17.0 Å². The molecule has 0 amide bonds. The van der Waals surface area contributed by atoms with Gasteiger partial charge in [0.15, 0.2) is 0 Å². The van der Waals surface area contributed by atoms with E-state index in [4.69, 9.17) is 37.5 Å². The van der Waals surface area contributed by atoms with Crippen molar-refractivity contribution in [3.05, 3.63) is 124 Å². The van der Waals surface area contributed by atoms with Gasteiger partial charge in [-0.15, -0.1) is 0 Å². The second-order valence-electron chi connectivity index (χ2n) is 9.70. The summed E-state index contributed by atoms with van der Waals surface area (Å²) in [6.45, 7) is 0.842. The molecule has 45 heavy (non-hydrogen) atoms. The molecule has 3 aromatic heterocycles. The van der Waals surface area contributed by atoms with Gasteiger partial charge in [-0.1, -0.05) is 59.6 Å². The predicted octanol–water partition coefficient (Wildman–Crippen LogP) is 7.49. The lowest BCUT2D eigenvalue weighted by atomic mass is 10.1. The lowest BCUT2D eigenvalue weighted by Crippen LogP contribution is -2.09. The molecule has 226 valence electrons. The first-order valence-corrected chi connectivity index (χ1v) is 14.6. The number of hydrazone groups is 1. The van der Waals surface area contributed by atoms with Crippen LogP contribution in [0.15, 0.2) is 107 Å². The second-order valence-corrected chi connectivity index (χ2v) is 10.5. The largest absolute Gasteiger partial charge is 0.497 e. The van der Waals surface area contributed by atoms with Crippen molar-refractivity contribution in [1.29, 1.82) is 0 Å². The Bertz CT molecular complexity index is 1890. The highest BCUT2D eigenvalue weighted by Gasteiger charge is 2.13. The van der Waals surface area contributed by atoms with Crippen LogP contribution in [0.3, 0.4) is 0 Å². The van der Waals surface area contributed by atoms with E-state index in [0.717, 1.165) is 39.6 Å². The molecule has 11 nitrogen and oxygen atoms in total. The molecule has 0 aliphatic rings. The lowest BCUT2D eigenvalue weighted by molar-refractivity contribution is 0.415. The number of anilines is 4. The maximum absolute atomic E-state index is 6.43. The van der Waals surface area contributed by atoms with Crippen molar-refractivity contribution in [3.63, 3.8) is 0 Å². The van der Waals surface area contributed by atoms with Crippen LogP contribution < -0.4 is 20.8 Å². The molecular formula is C32H27Cl2N9O2. The summed E-state index contributed by atoms with van der Waals surface area (Å²) in [5.41, 5.74) is 7.07. The molecule has 0 spiro atoms. The van der Waals surface area contributed by atoms with Gasteiger partial charge >= 0.3 is 0 Å². The molecule has 6 rings (SSSR count). The van der Waals surface area contributed by atoms with Gasteiger partial charge in [0.25, 0.3) is 0 Å². The average Bonchev–Trinajstić information content (AvgIpc) is 3.72. The number of nitrogens with zero attached hydrogens (tertiary/aromatic N) is 6. The molecule has 3 heterocycles. The fraction of sp³-hybridized carbons (Fsp3) is 0.0938. The van der Waals surface area contributed by atoms with Gasteiger partial charge < -0.3 is 19.8 Å². The number of halogens is 2. The van der Waals surface area contributed by atoms with Gasteiger partial charge in [0.2, 0.25) is 17.8 Å². The molecule has 6 aromatic rings. The highest BCUT2D eigenvalue weighted by atomic mass is 35.5. The minimum absolute atomic E-state index is 0.223. The van der Waals surface area contributed by atoms with E-state index >= 15 is 0 Å². The summed E-state index contributed by atoms with van der Waals surface area (Å²) in [6.07, 6.45) is 5.18. The molecule has 0 aliphatic heterocycles. The van der Waals surface area contributed by atoms with Crippen LogP contribution in [-0.2, 0) is 13.1 Å². The Morgan fingerprint density at radius 3 is 2.47 bits per heavy atom. The second kappa shape index (κ2) is 13.9. The van der Waals surface area contributed by atoms with E-state index in [1.165, 1.54) is 0 Å². The quantitative estimate of drug-likeness (QED) is 0.0921. The number of rotatable bonds is 12. The van der Waals surface area contributed by atoms with Gasteiger partial charge in [-0.3, -0.25) is 4.68 Å². The summed E-state index contributed by atoms with van der Waals surface area (Å²) < 4.78 is 12.5. The first-order chi connectivity index (χ1) is 22.0. The summed E-state index contributed by atoms with van der Waals surface area (Å²) in [6, 6.07) is 26.4. The van der Waals surface area contributed by atoms with Gasteiger partial charge in [-0.25, -0.2) is 5.43 Å². The van der Waals surface area contributed by atoms with Crippen LogP contribution in [0.2, 0.25) is 10.0 Å². The summed E-state index contributed by atoms with van der Waals surface area (Å²) in [5, 5.41) is 16.8. The number of methoxy groups -OCH3 is 1. The van der Waals surface area contributed by atoms with Gasteiger partial charge in [0.05, 0.1) is 32.7 Å². The zero-order valence-corrected chi connectivity index (χ0v) is 25.5. The maximum atomic E-state index is 6.43. The number of furan rings is 1. The topological polar surface area (TPSA) is 127 Å². The Hall–Kier alpha value is -5.39. The first kappa shape index (κ1) is 29.7. The van der Waals surface area contributed by atoms with E-state index in [9.17, 15) is 0 Å². The molecule has 0 radical (unpaired) electrons. The van der Waals surface area contributed by atoms with E-state index in [1.807, 2.05) is 83.7 Å². The molecule has 0 fully saturated rings. The molecule has 3 aromatic carbocycles. The van der Waals surface area contributed by atoms with Gasteiger partial charge in [0, 0.05) is 33.1 Å². The molecule has 0 atom stereocenters. The van der Waals surface area contributed by atoms with Crippen LogP contribution in [0.5, 0.6) is 5.75 Å². The number of nitrogens with one attached hydrogen (secondary N) is 3. The third-order valence-electron chi connectivity index (χ3n) is 6.54. The van der Waals surface area contributed by atoms with Crippen molar-refractivity contribution in [1.82, 2.24) is 24.7 Å². The van der Waals surface area contributed by atoms with E-state index < -0.39 is 0 Å². The van der Waals surface area contributed by atoms with E-state index in [0.29, 0.717) is 35.0 Å². The first-order valence-electron chi connectivity index (χ1n) is 13.8. The van der Waals surface area contributed by atoms with Crippen LogP contribution in [0, 0.1) is 0 Å². The van der Waals surface area contributed by atoms with Crippen molar-refractivity contribution in [2.24, 2.45) is 5.10 Å². The Morgan fingerprint density at radius 2 is 1.71 bits per heavy atom. The smallest absolute Gasteiger partial charge is 0.250 e. The van der Waals surface area contributed by atoms with Crippen LogP contribution in [-0.4, -0.2) is 38.1 Å². The molecule has 13 heteroatoms. The highest BCUT2D eigenvalue weighted by Crippen LogP contribution is 2.25. The molecule has 0 aliphatic carbocycles. The zero-order chi connectivity index (χ0) is 31.0. The van der Waals surface area contributed by atoms with E-state index in [-0.39, 0.29) is 5.95 Å². The monoisotopic (exact) mass is 639 g/mol. The number of ether oxygens (including phenoxy) is 1. The van der Waals surface area contributed by atoms with Gasteiger partial charge in [0.1, 0.15) is 17.2 Å². The van der Waals surface area contributed by atoms with Gasteiger partial charge in [-0.2, -0.15) is 25.2 Å². The maximum Gasteiger partial charge on any atom is 0.250 e. The summed E-state index contributed by atoms with van der Waals surface area (Å²) in [5.74, 6) is 2.34. The van der Waals surface area contributed by atoms with E-state index in [1.54, 1.807) is 31.7 Å². The molecule has 0 saturated heterocycles. The lowest BCUT2D eigenvalue weighted by Gasteiger charge is -2.10. The van der Waals surface area contributed by atoms with Gasteiger partial charge in [-0.05, 0) is 54.1 Å². The number of hydrogen-bond acceptors (Lipinski definition) is 10. The van der Waals surface area contributed by atoms with E-state index in [2.05, 4.69) is 36.1 Å². The summed E-state index contributed by atoms with van der Waals surface area (Å²) in [4.78, 5) is 13.5. The van der Waals surface area contributed by atoms with Crippen LogP contribution >= 0.6 is 23.2 Å². The Kier molecular flexibility index (Phi) is 9.19. The molecular weight excluding hydrogens is 613 g/mol. The summed E-state index contributed by atoms with van der Waals surface area (Å²) in [7, 11) is 1.62. The fourth-order valence-corrected chi connectivity index (χ4v) is 4.83. The normalized spacial score (nSPS) is 11.1. The number of benzene rings is 3. The van der Waals surface area contributed by atoms with Crippen LogP contribution in [0.25, 0.3) is 11.3 Å². The third-order valence-corrected chi connectivity index (χ3v) is 7.12. The minimum atomic E-state index is 0.223. The van der Waals surface area contributed by atoms with Crippen LogP contribution in [0.4, 0.5) is 23.5 Å². The minimum Gasteiger partial charge on any atom is -0.497 e. The predicted molar refractivity (Wildman–Crippen MR) is 177 cm³/mol. The third kappa shape index (κ3) is 7.77. The SMILES string of the molecule is COc1ccc(Nc2nc(NCc3ccco3)nc(N/N=C\c3cn(Cc4ccc(Cl)cc4Cl)nc3-c3ccccc3)n2)cc1. The highest BCUT2D eigenvalue weighted by molar-refractivity contribution is 6.35. The fourth-order valence-electron chi connectivity index (χ4n) is 4.36. The Balaban J connectivity index is 1.25. The van der Waals surface area contributed by atoms with Crippen molar-refractivity contribution in [2.75, 3.05) is 23.2 Å². The van der Waals surface area contributed by atoms with Crippen molar-refractivity contribution < 1.29 is 9.15 Å². The Morgan fingerprint density at radius 1 is 0.911 bits per heavy atom. The Labute approximate surface area is 268 Å². The summed E-state index contributed by atoms with van der Waals surface area (Å²) >= 11 is 12.5. The average molecular weight is 641 g/mol. The molecule has 0 bridgehead atoms. The molecule has 0 unspecified atom stereocenters. The standard InChI is InChI=1S/C32H27Cl2N9O2/c1-44-26-13-11-25(12-14-26)37-31-38-30(35-18-27-8-5-15-45-27)39-32(40-31)41-36-17-23-20-43(19-22-9-10-24(33)16-28(22)34)42-29(23)21-6-3-2-4-7-21/h2-17,20H,18-19H2,1H3,(H3,35,37,38,39,40,41)/b36-17-. The molecule has 3 N–H and O–H groups in total. The van der Waals surface area contributed by atoms with Crippen LogP contribution in [0.1, 0.15) is 16.9 Å². The number of hydrogen-bond donors (Lipinski definition) is 3. The van der Waals surface area contributed by atoms with Crippen molar-refractivity contribution >= 4 is 52.9 Å². The zero-order valence-electron chi connectivity index (χ0n) is 24.0. The number of aromatic nitrogens is 5. The van der Waals surface area contributed by atoms with Crippen molar-refractivity contribution in [2.45, 2.75) is 13.1 Å².